The fourth-order valence-electron chi connectivity index (χ4n) is 2.52. The first-order chi connectivity index (χ1) is 9.25. The molecule has 19 heavy (non-hydrogen) atoms. The van der Waals surface area contributed by atoms with Crippen LogP contribution in [0.3, 0.4) is 0 Å². The predicted octanol–water partition coefficient (Wildman–Crippen LogP) is 2.82. The van der Waals surface area contributed by atoms with Crippen LogP contribution in [0, 0.1) is 0 Å². The van der Waals surface area contributed by atoms with Crippen molar-refractivity contribution in [1.82, 2.24) is 0 Å². The lowest BCUT2D eigenvalue weighted by Gasteiger charge is -2.29. The van der Waals surface area contributed by atoms with Gasteiger partial charge in [0.1, 0.15) is 19.3 Å². The van der Waals surface area contributed by atoms with E-state index >= 15 is 0 Å². The summed E-state index contributed by atoms with van der Waals surface area (Å²) in [6, 6.07) is 3.71. The third kappa shape index (κ3) is 2.73. The highest BCUT2D eigenvalue weighted by molar-refractivity contribution is 9.10. The molecule has 1 saturated heterocycles. The molecule has 1 N–H and O–H groups in total. The number of ether oxygens (including phenoxy) is 3. The summed E-state index contributed by atoms with van der Waals surface area (Å²) in [5.74, 6) is 1.41. The molecule has 1 aromatic carbocycles. The summed E-state index contributed by atoms with van der Waals surface area (Å²) in [6.45, 7) is 1.83. The van der Waals surface area contributed by atoms with Crippen LogP contribution in [0.4, 0.5) is 0 Å². The monoisotopic (exact) mass is 328 g/mol. The Morgan fingerprint density at radius 3 is 2.53 bits per heavy atom. The second-order valence-corrected chi connectivity index (χ2v) is 5.72. The molecule has 2 unspecified atom stereocenters. The predicted molar refractivity (Wildman–Crippen MR) is 73.7 cm³/mol. The van der Waals surface area contributed by atoms with E-state index in [1.54, 1.807) is 0 Å². The van der Waals surface area contributed by atoms with E-state index in [4.69, 9.17) is 14.2 Å². The minimum absolute atomic E-state index is 0.132. The Morgan fingerprint density at radius 1 is 1.11 bits per heavy atom. The van der Waals surface area contributed by atoms with E-state index in [0.717, 1.165) is 41.7 Å². The fraction of sp³-hybridized carbons (Fsp3) is 0.571. The summed E-state index contributed by atoms with van der Waals surface area (Å²) in [6.07, 6.45) is 2.30. The van der Waals surface area contributed by atoms with Gasteiger partial charge < -0.3 is 19.3 Å². The van der Waals surface area contributed by atoms with Crippen LogP contribution in [0.15, 0.2) is 16.6 Å². The highest BCUT2D eigenvalue weighted by atomic mass is 79.9. The van der Waals surface area contributed by atoms with Gasteiger partial charge in [-0.05, 0) is 31.4 Å². The smallest absolute Gasteiger partial charge is 0.162 e. The van der Waals surface area contributed by atoms with E-state index < -0.39 is 6.10 Å². The zero-order valence-electron chi connectivity index (χ0n) is 10.6. The first-order valence-electron chi connectivity index (χ1n) is 6.64. The molecule has 2 aliphatic heterocycles. The molecule has 104 valence electrons. The van der Waals surface area contributed by atoms with Crippen molar-refractivity contribution in [3.8, 4) is 11.5 Å². The molecule has 0 aromatic heterocycles. The van der Waals surface area contributed by atoms with Crippen molar-refractivity contribution in [1.29, 1.82) is 0 Å². The lowest BCUT2D eigenvalue weighted by molar-refractivity contribution is -0.0636. The number of benzene rings is 1. The average Bonchev–Trinajstić information content (AvgIpc) is 2.47. The summed E-state index contributed by atoms with van der Waals surface area (Å²) in [7, 11) is 0. The minimum atomic E-state index is -0.634. The Morgan fingerprint density at radius 2 is 1.84 bits per heavy atom. The van der Waals surface area contributed by atoms with Gasteiger partial charge in [0.2, 0.25) is 0 Å². The minimum Gasteiger partial charge on any atom is -0.486 e. The summed E-state index contributed by atoms with van der Waals surface area (Å²) >= 11 is 3.49. The largest absolute Gasteiger partial charge is 0.486 e. The maximum atomic E-state index is 10.5. The van der Waals surface area contributed by atoms with Crippen LogP contribution in [-0.4, -0.2) is 31.0 Å². The summed E-state index contributed by atoms with van der Waals surface area (Å²) < 4.78 is 17.6. The second-order valence-electron chi connectivity index (χ2n) is 4.87. The van der Waals surface area contributed by atoms with E-state index in [1.165, 1.54) is 0 Å². The van der Waals surface area contributed by atoms with Gasteiger partial charge in [0.15, 0.2) is 11.5 Å². The Labute approximate surface area is 120 Å². The third-order valence-electron chi connectivity index (χ3n) is 3.55. The normalized spacial score (nSPS) is 24.0. The number of hydrogen-bond donors (Lipinski definition) is 1. The Bertz CT molecular complexity index is 457. The van der Waals surface area contributed by atoms with Crippen molar-refractivity contribution in [2.24, 2.45) is 0 Å². The molecule has 4 nitrogen and oxygen atoms in total. The van der Waals surface area contributed by atoms with E-state index in [2.05, 4.69) is 15.9 Å². The van der Waals surface area contributed by atoms with Crippen molar-refractivity contribution in [2.75, 3.05) is 19.8 Å². The molecule has 0 radical (unpaired) electrons. The van der Waals surface area contributed by atoms with Gasteiger partial charge in [-0.1, -0.05) is 15.9 Å². The Hall–Kier alpha value is -0.780. The van der Waals surface area contributed by atoms with Gasteiger partial charge in [-0.3, -0.25) is 0 Å². The number of aliphatic hydroxyl groups excluding tert-OH is 1. The first kappa shape index (κ1) is 13.2. The van der Waals surface area contributed by atoms with Crippen LogP contribution in [0.2, 0.25) is 0 Å². The zero-order valence-corrected chi connectivity index (χ0v) is 12.2. The molecular formula is C14H17BrO4. The second kappa shape index (κ2) is 5.69. The van der Waals surface area contributed by atoms with Crippen LogP contribution in [0.25, 0.3) is 0 Å². The number of aliphatic hydroxyl groups is 1. The topological polar surface area (TPSA) is 47.9 Å². The highest BCUT2D eigenvalue weighted by Crippen LogP contribution is 2.39. The van der Waals surface area contributed by atoms with E-state index in [9.17, 15) is 5.11 Å². The highest BCUT2D eigenvalue weighted by Gasteiger charge is 2.27. The van der Waals surface area contributed by atoms with Crippen molar-refractivity contribution >= 4 is 15.9 Å². The van der Waals surface area contributed by atoms with Crippen LogP contribution in [0.1, 0.15) is 30.9 Å². The Balaban J connectivity index is 1.86. The number of hydrogen-bond acceptors (Lipinski definition) is 4. The molecule has 0 bridgehead atoms. The van der Waals surface area contributed by atoms with Crippen LogP contribution < -0.4 is 9.47 Å². The molecule has 1 aromatic rings. The lowest BCUT2D eigenvalue weighted by atomic mass is 9.98. The number of fused-ring (bicyclic) bond motifs is 1. The molecule has 0 spiro atoms. The SMILES string of the molecule is OC(c1cc2c(cc1Br)OCCO2)C1CCCCO1. The molecule has 0 aliphatic carbocycles. The molecule has 2 atom stereocenters. The maximum Gasteiger partial charge on any atom is 0.162 e. The quantitative estimate of drug-likeness (QED) is 0.906. The van der Waals surface area contributed by atoms with Gasteiger partial charge in [-0.25, -0.2) is 0 Å². The van der Waals surface area contributed by atoms with Gasteiger partial charge in [0.05, 0.1) is 6.10 Å². The van der Waals surface area contributed by atoms with Crippen LogP contribution >= 0.6 is 15.9 Å². The van der Waals surface area contributed by atoms with Crippen LogP contribution in [-0.2, 0) is 4.74 Å². The van der Waals surface area contributed by atoms with Crippen molar-refractivity contribution in [2.45, 2.75) is 31.5 Å². The van der Waals surface area contributed by atoms with Gasteiger partial charge in [-0.2, -0.15) is 0 Å². The molecular weight excluding hydrogens is 312 g/mol. The van der Waals surface area contributed by atoms with E-state index in [-0.39, 0.29) is 6.10 Å². The van der Waals surface area contributed by atoms with Gasteiger partial charge in [-0.15, -0.1) is 0 Å². The summed E-state index contributed by atoms with van der Waals surface area (Å²) in [5.41, 5.74) is 0.802. The first-order valence-corrected chi connectivity index (χ1v) is 7.44. The van der Waals surface area contributed by atoms with E-state index in [1.807, 2.05) is 12.1 Å². The molecule has 5 heteroatoms. The molecule has 2 aliphatic rings. The molecule has 1 fully saturated rings. The molecule has 0 saturated carbocycles. The molecule has 0 amide bonds. The van der Waals surface area contributed by atoms with Gasteiger partial charge in [0, 0.05) is 16.6 Å². The number of rotatable bonds is 2. The zero-order chi connectivity index (χ0) is 13.2. The standard InChI is InChI=1S/C14H17BrO4/c15-10-8-13-12(18-5-6-19-13)7-9(10)14(16)11-3-1-2-4-17-11/h7-8,11,14,16H,1-6H2. The molecule has 3 rings (SSSR count). The van der Waals surface area contributed by atoms with Crippen LogP contribution in [0.5, 0.6) is 11.5 Å². The fourth-order valence-corrected chi connectivity index (χ4v) is 3.08. The number of halogens is 1. The Kier molecular flexibility index (Phi) is 3.96. The van der Waals surface area contributed by atoms with Gasteiger partial charge >= 0.3 is 0 Å². The van der Waals surface area contributed by atoms with Crippen molar-refractivity contribution < 1.29 is 19.3 Å². The van der Waals surface area contributed by atoms with Crippen molar-refractivity contribution in [3.63, 3.8) is 0 Å². The lowest BCUT2D eigenvalue weighted by Crippen LogP contribution is -2.26. The summed E-state index contributed by atoms with van der Waals surface area (Å²) in [5, 5.41) is 10.5. The summed E-state index contributed by atoms with van der Waals surface area (Å²) in [4.78, 5) is 0. The third-order valence-corrected chi connectivity index (χ3v) is 4.23. The maximum absolute atomic E-state index is 10.5. The van der Waals surface area contributed by atoms with Gasteiger partial charge in [0.25, 0.3) is 0 Å². The average molecular weight is 329 g/mol. The molecule has 2 heterocycles. The van der Waals surface area contributed by atoms with E-state index in [0.29, 0.717) is 19.0 Å². The van der Waals surface area contributed by atoms with Crippen molar-refractivity contribution in [3.05, 3.63) is 22.2 Å².